The number of unbranched alkanes of at least 4 members (excludes halogenated alkanes) is 14. The zero-order valence-electron chi connectivity index (χ0n) is 16.4. The fourth-order valence-electron chi connectivity index (χ4n) is 3.10. The third-order valence-corrected chi connectivity index (χ3v) is 6.75. The molecule has 4 heteroatoms. The standard InChI is InChI=1S/C20H43O2P.Cr/c1-3-5-7-9-11-13-15-17-19-23(21,22)20-18-16-14-12-10-8-6-4-2;/h3-20H2,1-2H3,(H,21,22);. The van der Waals surface area contributed by atoms with Gasteiger partial charge in [0.15, 0.2) is 0 Å². The molecule has 0 aromatic heterocycles. The van der Waals surface area contributed by atoms with Crippen molar-refractivity contribution >= 4 is 7.37 Å². The Balaban J connectivity index is 0. The maximum absolute atomic E-state index is 12.1. The molecule has 0 aliphatic heterocycles. The second kappa shape index (κ2) is 20.0. The van der Waals surface area contributed by atoms with E-state index in [9.17, 15) is 9.46 Å². The van der Waals surface area contributed by atoms with E-state index in [2.05, 4.69) is 13.8 Å². The average Bonchev–Trinajstić information content (AvgIpc) is 2.52. The van der Waals surface area contributed by atoms with E-state index in [1.165, 1.54) is 77.0 Å². The molecule has 0 unspecified atom stereocenters. The summed E-state index contributed by atoms with van der Waals surface area (Å²) >= 11 is 0. The van der Waals surface area contributed by atoms with Gasteiger partial charge in [-0.25, -0.2) is 0 Å². The number of hydrogen-bond acceptors (Lipinski definition) is 1. The minimum Gasteiger partial charge on any atom is -0.344 e. The van der Waals surface area contributed by atoms with Crippen molar-refractivity contribution in [1.29, 1.82) is 0 Å². The fourth-order valence-corrected chi connectivity index (χ4v) is 4.76. The molecule has 0 saturated heterocycles. The summed E-state index contributed by atoms with van der Waals surface area (Å²) in [6.07, 6.45) is 21.0. The van der Waals surface area contributed by atoms with Gasteiger partial charge < -0.3 is 4.89 Å². The van der Waals surface area contributed by atoms with E-state index in [0.29, 0.717) is 12.3 Å². The van der Waals surface area contributed by atoms with E-state index < -0.39 is 7.37 Å². The molecule has 146 valence electrons. The first-order chi connectivity index (χ1) is 11.1. The smallest absolute Gasteiger partial charge is 0.200 e. The van der Waals surface area contributed by atoms with Gasteiger partial charge in [-0.3, -0.25) is 4.57 Å². The van der Waals surface area contributed by atoms with Gasteiger partial charge in [-0.05, 0) is 12.8 Å². The zero-order valence-corrected chi connectivity index (χ0v) is 18.6. The Morgan fingerprint density at radius 3 is 1.08 bits per heavy atom. The minimum atomic E-state index is -2.82. The molecule has 0 aliphatic rings. The van der Waals surface area contributed by atoms with Crippen molar-refractivity contribution in [2.45, 2.75) is 117 Å². The Hall–Kier alpha value is 0.722. The van der Waals surface area contributed by atoms with Crippen molar-refractivity contribution < 1.29 is 26.8 Å². The van der Waals surface area contributed by atoms with Gasteiger partial charge in [0.25, 0.3) is 0 Å². The van der Waals surface area contributed by atoms with Gasteiger partial charge in [0.2, 0.25) is 7.37 Å². The molecule has 0 saturated carbocycles. The van der Waals surface area contributed by atoms with Crippen LogP contribution in [0.25, 0.3) is 0 Å². The van der Waals surface area contributed by atoms with Crippen molar-refractivity contribution in [3.8, 4) is 0 Å². The van der Waals surface area contributed by atoms with E-state index in [0.717, 1.165) is 25.7 Å². The molecule has 0 aromatic rings. The van der Waals surface area contributed by atoms with Gasteiger partial charge in [-0.15, -0.1) is 0 Å². The van der Waals surface area contributed by atoms with Gasteiger partial charge in [-0.1, -0.05) is 104 Å². The molecule has 0 fully saturated rings. The first-order valence-corrected chi connectivity index (χ1v) is 12.5. The zero-order chi connectivity index (χ0) is 17.2. The maximum Gasteiger partial charge on any atom is 0.200 e. The third-order valence-electron chi connectivity index (χ3n) is 4.72. The minimum absolute atomic E-state index is 0. The van der Waals surface area contributed by atoms with Crippen LogP contribution in [0.1, 0.15) is 117 Å². The molecule has 0 radical (unpaired) electrons. The second-order valence-electron chi connectivity index (χ2n) is 7.24. The van der Waals surface area contributed by atoms with Crippen LogP contribution in [-0.2, 0) is 21.9 Å². The molecule has 0 heterocycles. The summed E-state index contributed by atoms with van der Waals surface area (Å²) in [6, 6.07) is 0. The van der Waals surface area contributed by atoms with E-state index in [4.69, 9.17) is 0 Å². The molecular weight excluding hydrogens is 355 g/mol. The quantitative estimate of drug-likeness (QED) is 0.191. The molecule has 0 bridgehead atoms. The van der Waals surface area contributed by atoms with Gasteiger partial charge in [-0.2, -0.15) is 0 Å². The summed E-state index contributed by atoms with van der Waals surface area (Å²) in [5.74, 6) is 0. The van der Waals surface area contributed by atoms with Crippen LogP contribution in [0.3, 0.4) is 0 Å². The Labute approximate surface area is 163 Å². The predicted octanol–water partition coefficient (Wildman–Crippen LogP) is 7.54. The second-order valence-corrected chi connectivity index (χ2v) is 9.83. The summed E-state index contributed by atoms with van der Waals surface area (Å²) in [4.78, 5) is 10.0. The average molecular weight is 399 g/mol. The first kappa shape index (κ1) is 26.9. The van der Waals surface area contributed by atoms with Crippen LogP contribution >= 0.6 is 7.37 Å². The van der Waals surface area contributed by atoms with E-state index >= 15 is 0 Å². The topological polar surface area (TPSA) is 37.3 Å². The van der Waals surface area contributed by atoms with Crippen LogP contribution in [0.4, 0.5) is 0 Å². The fraction of sp³-hybridized carbons (Fsp3) is 1.00. The Morgan fingerprint density at radius 1 is 0.542 bits per heavy atom. The first-order valence-electron chi connectivity index (χ1n) is 10.4. The van der Waals surface area contributed by atoms with Crippen LogP contribution < -0.4 is 0 Å². The SMILES string of the molecule is CCCCCCCCCCP(=O)(O)CCCCCCCCCC.[Cr]. The third kappa shape index (κ3) is 20.8. The number of hydrogen-bond donors (Lipinski definition) is 1. The molecule has 1 N–H and O–H groups in total. The summed E-state index contributed by atoms with van der Waals surface area (Å²) in [6.45, 7) is 4.48. The van der Waals surface area contributed by atoms with Gasteiger partial charge in [0.05, 0.1) is 0 Å². The molecule has 0 amide bonds. The van der Waals surface area contributed by atoms with Crippen LogP contribution in [0.5, 0.6) is 0 Å². The van der Waals surface area contributed by atoms with Gasteiger partial charge in [0.1, 0.15) is 0 Å². The van der Waals surface area contributed by atoms with Crippen LogP contribution in [0, 0.1) is 0 Å². The summed E-state index contributed by atoms with van der Waals surface area (Å²) in [5, 5.41) is 0. The van der Waals surface area contributed by atoms with Crippen molar-refractivity contribution in [3.63, 3.8) is 0 Å². The number of rotatable bonds is 18. The van der Waals surface area contributed by atoms with Crippen molar-refractivity contribution in [3.05, 3.63) is 0 Å². The molecule has 0 spiro atoms. The normalized spacial score (nSPS) is 11.5. The molecule has 0 aliphatic carbocycles. The monoisotopic (exact) mass is 398 g/mol. The summed E-state index contributed by atoms with van der Waals surface area (Å²) in [7, 11) is -2.82. The van der Waals surface area contributed by atoms with Crippen LogP contribution in [0.15, 0.2) is 0 Å². The molecule has 0 aromatic carbocycles. The summed E-state index contributed by atoms with van der Waals surface area (Å²) in [5.41, 5.74) is 0. The molecule has 0 atom stereocenters. The summed E-state index contributed by atoms with van der Waals surface area (Å²) < 4.78 is 12.1. The van der Waals surface area contributed by atoms with Crippen molar-refractivity contribution in [2.75, 3.05) is 12.3 Å². The van der Waals surface area contributed by atoms with Crippen LogP contribution in [0.2, 0.25) is 0 Å². The van der Waals surface area contributed by atoms with E-state index in [1.54, 1.807) is 0 Å². The molecule has 24 heavy (non-hydrogen) atoms. The van der Waals surface area contributed by atoms with E-state index in [-0.39, 0.29) is 17.4 Å². The van der Waals surface area contributed by atoms with Crippen molar-refractivity contribution in [2.24, 2.45) is 0 Å². The Bertz CT molecular complexity index is 261. The molecule has 2 nitrogen and oxygen atoms in total. The Morgan fingerprint density at radius 2 is 0.792 bits per heavy atom. The van der Waals surface area contributed by atoms with Crippen LogP contribution in [-0.4, -0.2) is 17.2 Å². The maximum atomic E-state index is 12.1. The van der Waals surface area contributed by atoms with Gasteiger partial charge >= 0.3 is 0 Å². The largest absolute Gasteiger partial charge is 0.344 e. The van der Waals surface area contributed by atoms with E-state index in [1.807, 2.05) is 0 Å². The Kier molecular flexibility index (Phi) is 22.5. The predicted molar refractivity (Wildman–Crippen MR) is 105 cm³/mol. The van der Waals surface area contributed by atoms with Gasteiger partial charge in [0, 0.05) is 29.7 Å². The molecular formula is C20H43CrO2P. The van der Waals surface area contributed by atoms with Crippen molar-refractivity contribution in [1.82, 2.24) is 0 Å². The molecule has 0 rings (SSSR count).